The summed E-state index contributed by atoms with van der Waals surface area (Å²) in [6.07, 6.45) is 0. The molecule has 178 valence electrons. The molecule has 6 aromatic carbocycles. The maximum absolute atomic E-state index is 6.59. The van der Waals surface area contributed by atoms with Gasteiger partial charge in [0.05, 0.1) is 0 Å². The molecular weight excluding hydrogens is 462 g/mol. The van der Waals surface area contributed by atoms with Crippen molar-refractivity contribution in [3.8, 4) is 33.4 Å². The van der Waals surface area contributed by atoms with Crippen LogP contribution in [0.3, 0.4) is 0 Å². The van der Waals surface area contributed by atoms with E-state index in [1.165, 1.54) is 33.0 Å². The van der Waals surface area contributed by atoms with Crippen molar-refractivity contribution in [3.63, 3.8) is 0 Å². The number of aromatic amines is 1. The average Bonchev–Trinajstić information content (AvgIpc) is 3.55. The molecule has 0 amide bonds. The molecule has 8 rings (SSSR count). The van der Waals surface area contributed by atoms with E-state index in [2.05, 4.69) is 138 Å². The summed E-state index contributed by atoms with van der Waals surface area (Å²) in [7, 11) is 0. The van der Waals surface area contributed by atoms with Gasteiger partial charge in [0.25, 0.3) is 0 Å². The molecule has 0 aliphatic carbocycles. The number of aromatic nitrogens is 1. The van der Waals surface area contributed by atoms with Crippen LogP contribution in [0.4, 0.5) is 0 Å². The highest BCUT2D eigenvalue weighted by Crippen LogP contribution is 2.41. The van der Waals surface area contributed by atoms with Gasteiger partial charge in [-0.15, -0.1) is 0 Å². The SMILES string of the molecule is c1ccc(-c2ccc3oc4c(-c5ccc6[nH]c7ccccc7c6c5)cc(-c5ccccc5)cc4c3c2)cc1. The molecule has 0 aliphatic heterocycles. The first-order valence-electron chi connectivity index (χ1n) is 12.9. The summed E-state index contributed by atoms with van der Waals surface area (Å²) < 4.78 is 6.59. The lowest BCUT2D eigenvalue weighted by atomic mass is 9.94. The Morgan fingerprint density at radius 2 is 1.03 bits per heavy atom. The van der Waals surface area contributed by atoms with Crippen molar-refractivity contribution in [2.45, 2.75) is 0 Å². The second-order valence-electron chi connectivity index (χ2n) is 9.88. The molecule has 0 saturated heterocycles. The molecule has 0 aliphatic rings. The number of furan rings is 1. The van der Waals surface area contributed by atoms with Crippen LogP contribution in [0.2, 0.25) is 0 Å². The van der Waals surface area contributed by atoms with E-state index >= 15 is 0 Å². The van der Waals surface area contributed by atoms with Crippen LogP contribution in [0, 0.1) is 0 Å². The number of hydrogen-bond donors (Lipinski definition) is 1. The third-order valence-corrected chi connectivity index (χ3v) is 7.60. The number of hydrogen-bond acceptors (Lipinski definition) is 1. The highest BCUT2D eigenvalue weighted by atomic mass is 16.3. The average molecular weight is 486 g/mol. The Balaban J connectivity index is 1.43. The lowest BCUT2D eigenvalue weighted by molar-refractivity contribution is 0.670. The molecule has 0 spiro atoms. The van der Waals surface area contributed by atoms with Crippen LogP contribution >= 0.6 is 0 Å². The van der Waals surface area contributed by atoms with Crippen LogP contribution in [-0.4, -0.2) is 4.98 Å². The first kappa shape index (κ1) is 21.0. The topological polar surface area (TPSA) is 28.9 Å². The second-order valence-corrected chi connectivity index (χ2v) is 9.88. The van der Waals surface area contributed by atoms with E-state index in [1.54, 1.807) is 0 Å². The summed E-state index contributed by atoms with van der Waals surface area (Å²) in [5.74, 6) is 0. The van der Waals surface area contributed by atoms with Crippen molar-refractivity contribution in [2.24, 2.45) is 0 Å². The highest BCUT2D eigenvalue weighted by Gasteiger charge is 2.17. The van der Waals surface area contributed by atoms with Gasteiger partial charge in [-0.1, -0.05) is 91.0 Å². The standard InChI is InChI=1S/C36H23NO/c1-3-9-23(10-4-1)25-16-18-35-31(19-25)32-22-27(24-11-5-2-6-12-24)21-29(36(32)38-35)26-15-17-34-30(20-26)28-13-7-8-14-33(28)37-34/h1-22,37H. The zero-order valence-corrected chi connectivity index (χ0v) is 20.6. The summed E-state index contributed by atoms with van der Waals surface area (Å²) in [6, 6.07) is 47.3. The first-order chi connectivity index (χ1) is 18.8. The number of H-pyrrole nitrogens is 1. The molecule has 2 heterocycles. The van der Waals surface area contributed by atoms with Crippen LogP contribution in [0.5, 0.6) is 0 Å². The summed E-state index contributed by atoms with van der Waals surface area (Å²) in [5, 5.41) is 4.72. The largest absolute Gasteiger partial charge is 0.455 e. The van der Waals surface area contributed by atoms with Gasteiger partial charge in [0.1, 0.15) is 11.2 Å². The highest BCUT2D eigenvalue weighted by molar-refractivity contribution is 6.14. The van der Waals surface area contributed by atoms with E-state index in [1.807, 2.05) is 0 Å². The molecular formula is C36H23NO. The Labute approximate surface area is 219 Å². The fourth-order valence-corrected chi connectivity index (χ4v) is 5.72. The quantitative estimate of drug-likeness (QED) is 0.265. The molecule has 0 bridgehead atoms. The predicted molar refractivity (Wildman–Crippen MR) is 159 cm³/mol. The van der Waals surface area contributed by atoms with Crippen molar-refractivity contribution in [2.75, 3.05) is 0 Å². The molecule has 0 radical (unpaired) electrons. The smallest absolute Gasteiger partial charge is 0.143 e. The molecule has 2 heteroatoms. The van der Waals surface area contributed by atoms with Crippen LogP contribution in [-0.2, 0) is 0 Å². The Morgan fingerprint density at radius 1 is 0.395 bits per heavy atom. The van der Waals surface area contributed by atoms with Crippen LogP contribution < -0.4 is 0 Å². The molecule has 2 nitrogen and oxygen atoms in total. The zero-order valence-electron chi connectivity index (χ0n) is 20.6. The first-order valence-corrected chi connectivity index (χ1v) is 12.9. The Hall–Kier alpha value is -5.08. The normalized spacial score (nSPS) is 11.7. The summed E-state index contributed by atoms with van der Waals surface area (Å²) in [5.41, 5.74) is 11.1. The third kappa shape index (κ3) is 3.28. The van der Waals surface area contributed by atoms with Crippen LogP contribution in [0.25, 0.3) is 77.1 Å². The van der Waals surface area contributed by atoms with E-state index in [0.717, 1.165) is 44.1 Å². The fraction of sp³-hybridized carbons (Fsp3) is 0. The molecule has 0 atom stereocenters. The Morgan fingerprint density at radius 3 is 1.84 bits per heavy atom. The van der Waals surface area contributed by atoms with E-state index < -0.39 is 0 Å². The van der Waals surface area contributed by atoms with E-state index in [4.69, 9.17) is 4.42 Å². The number of benzene rings is 6. The molecule has 0 fully saturated rings. The lowest BCUT2D eigenvalue weighted by Crippen LogP contribution is -1.84. The Bertz CT molecular complexity index is 2110. The van der Waals surface area contributed by atoms with Crippen molar-refractivity contribution in [1.82, 2.24) is 4.98 Å². The van der Waals surface area contributed by atoms with E-state index in [-0.39, 0.29) is 0 Å². The molecule has 0 unspecified atom stereocenters. The second kappa shape index (κ2) is 8.22. The third-order valence-electron chi connectivity index (χ3n) is 7.60. The summed E-state index contributed by atoms with van der Waals surface area (Å²) in [6.45, 7) is 0. The van der Waals surface area contributed by atoms with Gasteiger partial charge in [0.2, 0.25) is 0 Å². The fourth-order valence-electron chi connectivity index (χ4n) is 5.72. The minimum atomic E-state index is 0.902. The number of rotatable bonds is 3. The molecule has 1 N–H and O–H groups in total. The maximum Gasteiger partial charge on any atom is 0.143 e. The van der Waals surface area contributed by atoms with Gasteiger partial charge in [-0.05, 0) is 70.3 Å². The minimum Gasteiger partial charge on any atom is -0.455 e. The van der Waals surface area contributed by atoms with Gasteiger partial charge in [-0.2, -0.15) is 0 Å². The van der Waals surface area contributed by atoms with Crippen molar-refractivity contribution >= 4 is 43.7 Å². The monoisotopic (exact) mass is 485 g/mol. The van der Waals surface area contributed by atoms with Gasteiger partial charge >= 0.3 is 0 Å². The predicted octanol–water partition coefficient (Wildman–Crippen LogP) is 10.2. The maximum atomic E-state index is 6.59. The Kier molecular flexibility index (Phi) is 4.55. The van der Waals surface area contributed by atoms with Gasteiger partial charge in [0.15, 0.2) is 0 Å². The molecule has 8 aromatic rings. The van der Waals surface area contributed by atoms with Crippen LogP contribution in [0.1, 0.15) is 0 Å². The number of para-hydroxylation sites is 1. The van der Waals surface area contributed by atoms with Gasteiger partial charge in [0, 0.05) is 38.1 Å². The van der Waals surface area contributed by atoms with Crippen LogP contribution in [0.15, 0.2) is 138 Å². The molecule has 0 saturated carbocycles. The van der Waals surface area contributed by atoms with Crippen molar-refractivity contribution in [1.29, 1.82) is 0 Å². The van der Waals surface area contributed by atoms with Gasteiger partial charge < -0.3 is 9.40 Å². The number of fused-ring (bicyclic) bond motifs is 6. The van der Waals surface area contributed by atoms with Gasteiger partial charge in [-0.3, -0.25) is 0 Å². The van der Waals surface area contributed by atoms with E-state index in [0.29, 0.717) is 0 Å². The van der Waals surface area contributed by atoms with Crippen molar-refractivity contribution in [3.05, 3.63) is 133 Å². The van der Waals surface area contributed by atoms with Crippen molar-refractivity contribution < 1.29 is 4.42 Å². The zero-order chi connectivity index (χ0) is 25.1. The summed E-state index contributed by atoms with van der Waals surface area (Å²) in [4.78, 5) is 3.55. The molecule has 2 aromatic heterocycles. The van der Waals surface area contributed by atoms with E-state index in [9.17, 15) is 0 Å². The summed E-state index contributed by atoms with van der Waals surface area (Å²) >= 11 is 0. The number of nitrogens with one attached hydrogen (secondary N) is 1. The van der Waals surface area contributed by atoms with Gasteiger partial charge in [-0.25, -0.2) is 0 Å². The lowest BCUT2D eigenvalue weighted by Gasteiger charge is -2.09. The minimum absolute atomic E-state index is 0.902. The molecule has 38 heavy (non-hydrogen) atoms.